The molecule has 0 aromatic heterocycles. The van der Waals surface area contributed by atoms with Gasteiger partial charge in [-0.3, -0.25) is 0 Å². The van der Waals surface area contributed by atoms with E-state index in [1.54, 1.807) is 19.1 Å². The Kier molecular flexibility index (Phi) is 6.49. The van der Waals surface area contributed by atoms with E-state index in [1.807, 2.05) is 13.0 Å². The summed E-state index contributed by atoms with van der Waals surface area (Å²) in [6.07, 6.45) is 0.884. The quantitative estimate of drug-likeness (QED) is 0.744. The molecule has 0 saturated heterocycles. The molecule has 1 atom stereocenters. The third-order valence-corrected chi connectivity index (χ3v) is 4.08. The predicted octanol–water partition coefficient (Wildman–Crippen LogP) is 3.45. The molecule has 1 rings (SSSR count). The molecule has 0 saturated carbocycles. The normalized spacial score (nSPS) is 13.7. The van der Waals surface area contributed by atoms with Crippen molar-refractivity contribution in [1.82, 2.24) is 0 Å². The summed E-state index contributed by atoms with van der Waals surface area (Å²) in [5.74, 6) is -0.325. The van der Waals surface area contributed by atoms with Crippen molar-refractivity contribution in [2.75, 3.05) is 25.1 Å². The van der Waals surface area contributed by atoms with Gasteiger partial charge < -0.3 is 15.2 Å². The van der Waals surface area contributed by atoms with Crippen LogP contribution in [-0.4, -0.2) is 30.8 Å². The lowest BCUT2D eigenvalue weighted by molar-refractivity contribution is 0.0526. The van der Waals surface area contributed by atoms with Crippen LogP contribution in [0.2, 0.25) is 0 Å². The lowest BCUT2D eigenvalue weighted by Crippen LogP contribution is -2.29. The van der Waals surface area contributed by atoms with E-state index >= 15 is 0 Å². The number of carbonyl (C=O) groups excluding carboxylic acids is 1. The molecule has 0 aliphatic carbocycles. The molecular formula is C15H22BrNO3. The number of hydrogen-bond donors (Lipinski definition) is 2. The van der Waals surface area contributed by atoms with Gasteiger partial charge in [0.05, 0.1) is 18.8 Å². The molecule has 112 valence electrons. The lowest BCUT2D eigenvalue weighted by atomic mass is 9.88. The van der Waals surface area contributed by atoms with Gasteiger partial charge in [-0.25, -0.2) is 4.79 Å². The van der Waals surface area contributed by atoms with Crippen LogP contribution in [-0.2, 0) is 4.74 Å². The van der Waals surface area contributed by atoms with Crippen LogP contribution in [0.3, 0.4) is 0 Å². The van der Waals surface area contributed by atoms with Crippen LogP contribution in [0.1, 0.15) is 37.6 Å². The minimum absolute atomic E-state index is 0.134. The van der Waals surface area contributed by atoms with Gasteiger partial charge in [0.15, 0.2) is 0 Å². The fourth-order valence-corrected chi connectivity index (χ4v) is 2.12. The monoisotopic (exact) mass is 343 g/mol. The number of benzene rings is 1. The summed E-state index contributed by atoms with van der Waals surface area (Å²) >= 11 is 3.45. The molecule has 1 aromatic carbocycles. The Morgan fingerprint density at radius 2 is 2.15 bits per heavy atom. The number of halogens is 1. The van der Waals surface area contributed by atoms with Crippen molar-refractivity contribution in [1.29, 1.82) is 0 Å². The largest absolute Gasteiger partial charge is 0.462 e. The lowest BCUT2D eigenvalue weighted by Gasteiger charge is -2.26. The summed E-state index contributed by atoms with van der Waals surface area (Å²) in [7, 11) is 0. The molecule has 0 spiro atoms. The first-order valence-corrected chi connectivity index (χ1v) is 7.56. The van der Waals surface area contributed by atoms with E-state index in [4.69, 9.17) is 4.74 Å². The Hall–Kier alpha value is -1.07. The van der Waals surface area contributed by atoms with E-state index in [-0.39, 0.29) is 18.0 Å². The standard InChI is InChI=1S/C15H22BrNO3/c1-4-15(3,10-18)9-17-13-7-6-11(8-12(13)16)14(19)20-5-2/h6-8,17-18H,4-5,9-10H2,1-3H3. The Morgan fingerprint density at radius 1 is 1.45 bits per heavy atom. The van der Waals surface area contributed by atoms with Gasteiger partial charge in [0, 0.05) is 22.1 Å². The van der Waals surface area contributed by atoms with Crippen LogP contribution in [0.5, 0.6) is 0 Å². The summed E-state index contributed by atoms with van der Waals surface area (Å²) in [4.78, 5) is 11.6. The molecular weight excluding hydrogens is 322 g/mol. The van der Waals surface area contributed by atoms with Crippen LogP contribution in [0.4, 0.5) is 5.69 Å². The molecule has 2 N–H and O–H groups in total. The van der Waals surface area contributed by atoms with Crippen molar-refractivity contribution < 1.29 is 14.6 Å². The van der Waals surface area contributed by atoms with Crippen molar-refractivity contribution in [2.45, 2.75) is 27.2 Å². The van der Waals surface area contributed by atoms with Crippen LogP contribution in [0, 0.1) is 5.41 Å². The number of anilines is 1. The minimum atomic E-state index is -0.325. The first-order valence-electron chi connectivity index (χ1n) is 6.77. The molecule has 0 aliphatic heterocycles. The molecule has 0 aliphatic rings. The second-order valence-corrected chi connectivity index (χ2v) is 5.95. The van der Waals surface area contributed by atoms with Crippen LogP contribution in [0.15, 0.2) is 22.7 Å². The fraction of sp³-hybridized carbons (Fsp3) is 0.533. The number of esters is 1. The third kappa shape index (κ3) is 4.49. The van der Waals surface area contributed by atoms with E-state index in [0.717, 1.165) is 16.6 Å². The van der Waals surface area contributed by atoms with Crippen molar-refractivity contribution in [3.63, 3.8) is 0 Å². The number of aliphatic hydroxyl groups is 1. The van der Waals surface area contributed by atoms with Gasteiger partial charge in [-0.2, -0.15) is 0 Å². The highest BCUT2D eigenvalue weighted by molar-refractivity contribution is 9.10. The van der Waals surface area contributed by atoms with Crippen molar-refractivity contribution in [2.24, 2.45) is 5.41 Å². The molecule has 0 radical (unpaired) electrons. The number of hydrogen-bond acceptors (Lipinski definition) is 4. The van der Waals surface area contributed by atoms with E-state index in [1.165, 1.54) is 0 Å². The molecule has 0 heterocycles. The van der Waals surface area contributed by atoms with Crippen molar-refractivity contribution in [3.8, 4) is 0 Å². The SMILES string of the molecule is CCOC(=O)c1ccc(NCC(C)(CC)CO)c(Br)c1. The number of rotatable bonds is 7. The molecule has 0 bridgehead atoms. The average Bonchev–Trinajstić information content (AvgIpc) is 2.45. The molecule has 5 heteroatoms. The molecule has 1 unspecified atom stereocenters. The van der Waals surface area contributed by atoms with Gasteiger partial charge in [-0.15, -0.1) is 0 Å². The van der Waals surface area contributed by atoms with Gasteiger partial charge in [0.2, 0.25) is 0 Å². The predicted molar refractivity (Wildman–Crippen MR) is 84.1 cm³/mol. The number of ether oxygens (including phenoxy) is 1. The highest BCUT2D eigenvalue weighted by Crippen LogP contribution is 2.27. The maximum absolute atomic E-state index is 11.6. The average molecular weight is 344 g/mol. The van der Waals surface area contributed by atoms with Crippen molar-refractivity contribution >= 4 is 27.6 Å². The van der Waals surface area contributed by atoms with Gasteiger partial charge >= 0.3 is 5.97 Å². The Morgan fingerprint density at radius 3 is 2.65 bits per heavy atom. The van der Waals surface area contributed by atoms with Gasteiger partial charge in [0.25, 0.3) is 0 Å². The molecule has 20 heavy (non-hydrogen) atoms. The van der Waals surface area contributed by atoms with Crippen LogP contribution >= 0.6 is 15.9 Å². The van der Waals surface area contributed by atoms with E-state index in [9.17, 15) is 9.90 Å². The maximum Gasteiger partial charge on any atom is 0.338 e. The molecule has 1 aromatic rings. The third-order valence-electron chi connectivity index (χ3n) is 3.42. The Balaban J connectivity index is 2.76. The number of nitrogens with one attached hydrogen (secondary N) is 1. The fourth-order valence-electron chi connectivity index (χ4n) is 1.60. The summed E-state index contributed by atoms with van der Waals surface area (Å²) in [6, 6.07) is 5.31. The summed E-state index contributed by atoms with van der Waals surface area (Å²) in [5, 5.41) is 12.7. The first-order chi connectivity index (χ1) is 9.45. The van der Waals surface area contributed by atoms with Crippen molar-refractivity contribution in [3.05, 3.63) is 28.2 Å². The zero-order chi connectivity index (χ0) is 15.2. The minimum Gasteiger partial charge on any atom is -0.462 e. The topological polar surface area (TPSA) is 58.6 Å². The van der Waals surface area contributed by atoms with Crippen LogP contribution < -0.4 is 5.32 Å². The van der Waals surface area contributed by atoms with Gasteiger partial charge in [-0.1, -0.05) is 13.8 Å². The van der Waals surface area contributed by atoms with E-state index in [2.05, 4.69) is 28.2 Å². The Labute approximate surface area is 128 Å². The van der Waals surface area contributed by atoms with Gasteiger partial charge in [0.1, 0.15) is 0 Å². The molecule has 0 fully saturated rings. The van der Waals surface area contributed by atoms with E-state index in [0.29, 0.717) is 18.7 Å². The summed E-state index contributed by atoms with van der Waals surface area (Å²) in [5.41, 5.74) is 1.26. The highest BCUT2D eigenvalue weighted by Gasteiger charge is 2.21. The second-order valence-electron chi connectivity index (χ2n) is 5.09. The second kappa shape index (κ2) is 7.64. The number of carbonyl (C=O) groups is 1. The molecule has 0 amide bonds. The summed E-state index contributed by atoms with van der Waals surface area (Å²) in [6.45, 7) is 7.02. The zero-order valence-electron chi connectivity index (χ0n) is 12.2. The first kappa shape index (κ1) is 17.0. The van der Waals surface area contributed by atoms with Crippen LogP contribution in [0.25, 0.3) is 0 Å². The number of aliphatic hydroxyl groups excluding tert-OH is 1. The van der Waals surface area contributed by atoms with Gasteiger partial charge in [-0.05, 0) is 47.5 Å². The Bertz CT molecular complexity index is 458. The molecule has 4 nitrogen and oxygen atoms in total. The summed E-state index contributed by atoms with van der Waals surface area (Å²) < 4.78 is 5.76. The van der Waals surface area contributed by atoms with E-state index < -0.39 is 0 Å². The maximum atomic E-state index is 11.6. The zero-order valence-corrected chi connectivity index (χ0v) is 13.8. The highest BCUT2D eigenvalue weighted by atomic mass is 79.9. The smallest absolute Gasteiger partial charge is 0.338 e.